The van der Waals surface area contributed by atoms with Crippen LogP contribution in [0, 0.1) is 0 Å². The van der Waals surface area contributed by atoms with Crippen LogP contribution in [-0.2, 0) is 6.54 Å². The summed E-state index contributed by atoms with van der Waals surface area (Å²) < 4.78 is 2.19. The minimum Gasteiger partial charge on any atom is -0.339 e. The summed E-state index contributed by atoms with van der Waals surface area (Å²) in [5, 5.41) is 0.480. The molecule has 1 amide bonds. The molecule has 0 aromatic carbocycles. The molecule has 1 aliphatic heterocycles. The summed E-state index contributed by atoms with van der Waals surface area (Å²) in [5.74, 6) is 1.43. The highest BCUT2D eigenvalue weighted by atomic mass is 35.5. The van der Waals surface area contributed by atoms with E-state index in [4.69, 9.17) is 11.6 Å². The van der Waals surface area contributed by atoms with Gasteiger partial charge in [0.25, 0.3) is 5.91 Å². The van der Waals surface area contributed by atoms with Crippen LogP contribution >= 0.6 is 11.6 Å². The Hall–Kier alpha value is -2.73. The summed E-state index contributed by atoms with van der Waals surface area (Å²) in [7, 11) is 0. The average Bonchev–Trinajstić information content (AvgIpc) is 3.16. The standard InChI is InChI=1S/C20H20ClN5O/c21-18-11-17(12-23-13-18)20(27)25-8-3-16(4-9-25)19-24-7-10-26(19)14-15-1-5-22-6-2-15/h1-2,5-7,10-13,16H,3-4,8-9,14H2. The monoisotopic (exact) mass is 381 g/mol. The first-order chi connectivity index (χ1) is 13.2. The molecule has 0 saturated carbocycles. The molecule has 7 heteroatoms. The predicted molar refractivity (Wildman–Crippen MR) is 103 cm³/mol. The molecule has 4 heterocycles. The Bertz CT molecular complexity index is 919. The summed E-state index contributed by atoms with van der Waals surface area (Å²) in [5.41, 5.74) is 1.74. The van der Waals surface area contributed by atoms with Gasteiger partial charge in [-0.05, 0) is 36.6 Å². The van der Waals surface area contributed by atoms with E-state index >= 15 is 0 Å². The lowest BCUT2D eigenvalue weighted by Crippen LogP contribution is -2.38. The molecule has 138 valence electrons. The van der Waals surface area contributed by atoms with Gasteiger partial charge in [-0.3, -0.25) is 14.8 Å². The van der Waals surface area contributed by atoms with Crippen LogP contribution in [0.4, 0.5) is 0 Å². The van der Waals surface area contributed by atoms with Crippen molar-refractivity contribution in [1.29, 1.82) is 0 Å². The smallest absolute Gasteiger partial charge is 0.255 e. The van der Waals surface area contributed by atoms with E-state index in [0.717, 1.165) is 25.2 Å². The molecular formula is C20H20ClN5O. The van der Waals surface area contributed by atoms with Crippen LogP contribution in [0.3, 0.4) is 0 Å². The topological polar surface area (TPSA) is 63.9 Å². The molecular weight excluding hydrogens is 362 g/mol. The first kappa shape index (κ1) is 17.7. The molecule has 0 aliphatic carbocycles. The zero-order valence-electron chi connectivity index (χ0n) is 14.8. The van der Waals surface area contributed by atoms with Gasteiger partial charge in [-0.1, -0.05) is 11.6 Å². The largest absolute Gasteiger partial charge is 0.339 e. The molecule has 0 unspecified atom stereocenters. The number of hydrogen-bond acceptors (Lipinski definition) is 4. The summed E-state index contributed by atoms with van der Waals surface area (Å²) in [6.45, 7) is 2.20. The number of halogens is 1. The van der Waals surface area contributed by atoms with Crippen LogP contribution in [0.1, 0.15) is 40.5 Å². The first-order valence-corrected chi connectivity index (χ1v) is 9.38. The van der Waals surface area contributed by atoms with Gasteiger partial charge in [0.15, 0.2) is 0 Å². The third kappa shape index (κ3) is 4.01. The molecule has 3 aromatic rings. The van der Waals surface area contributed by atoms with Gasteiger partial charge in [0.1, 0.15) is 5.82 Å². The van der Waals surface area contributed by atoms with Crippen molar-refractivity contribution in [3.8, 4) is 0 Å². The summed E-state index contributed by atoms with van der Waals surface area (Å²) in [6, 6.07) is 5.71. The van der Waals surface area contributed by atoms with Crippen molar-refractivity contribution >= 4 is 17.5 Å². The van der Waals surface area contributed by atoms with Gasteiger partial charge in [0, 0.05) is 62.7 Å². The highest BCUT2D eigenvalue weighted by Crippen LogP contribution is 2.28. The van der Waals surface area contributed by atoms with Crippen molar-refractivity contribution in [3.63, 3.8) is 0 Å². The van der Waals surface area contributed by atoms with Crippen molar-refractivity contribution < 1.29 is 4.79 Å². The zero-order valence-corrected chi connectivity index (χ0v) is 15.6. The fraction of sp³-hybridized carbons (Fsp3) is 0.300. The molecule has 0 spiro atoms. The maximum atomic E-state index is 12.7. The van der Waals surface area contributed by atoms with E-state index in [1.54, 1.807) is 24.7 Å². The number of amides is 1. The summed E-state index contributed by atoms with van der Waals surface area (Å²) in [6.07, 6.45) is 12.4. The predicted octanol–water partition coefficient (Wildman–Crippen LogP) is 3.39. The van der Waals surface area contributed by atoms with Crippen molar-refractivity contribution in [3.05, 3.63) is 77.4 Å². The Morgan fingerprint density at radius 1 is 1.11 bits per heavy atom. The Morgan fingerprint density at radius 3 is 2.63 bits per heavy atom. The molecule has 1 aliphatic rings. The van der Waals surface area contributed by atoms with Crippen molar-refractivity contribution in [1.82, 2.24) is 24.4 Å². The van der Waals surface area contributed by atoms with E-state index in [0.29, 0.717) is 29.6 Å². The highest BCUT2D eigenvalue weighted by Gasteiger charge is 2.27. The van der Waals surface area contributed by atoms with E-state index in [1.807, 2.05) is 29.4 Å². The number of rotatable bonds is 4. The highest BCUT2D eigenvalue weighted by molar-refractivity contribution is 6.30. The number of piperidine rings is 1. The molecule has 0 atom stereocenters. The molecule has 0 N–H and O–H groups in total. The Kier molecular flexibility index (Phi) is 5.16. The van der Waals surface area contributed by atoms with E-state index in [-0.39, 0.29) is 5.91 Å². The second-order valence-corrected chi connectivity index (χ2v) is 7.16. The second kappa shape index (κ2) is 7.88. The number of carbonyl (C=O) groups excluding carboxylic acids is 1. The Balaban J connectivity index is 1.41. The van der Waals surface area contributed by atoms with Crippen LogP contribution in [0.15, 0.2) is 55.4 Å². The van der Waals surface area contributed by atoms with E-state index < -0.39 is 0 Å². The van der Waals surface area contributed by atoms with Crippen molar-refractivity contribution in [2.24, 2.45) is 0 Å². The maximum Gasteiger partial charge on any atom is 0.255 e. The van der Waals surface area contributed by atoms with Crippen molar-refractivity contribution in [2.75, 3.05) is 13.1 Å². The van der Waals surface area contributed by atoms with Gasteiger partial charge in [-0.2, -0.15) is 0 Å². The lowest BCUT2D eigenvalue weighted by atomic mass is 9.95. The summed E-state index contributed by atoms with van der Waals surface area (Å²) >= 11 is 5.95. The number of hydrogen-bond donors (Lipinski definition) is 0. The number of aromatic nitrogens is 4. The minimum atomic E-state index is -0.0106. The number of carbonyl (C=O) groups is 1. The molecule has 27 heavy (non-hydrogen) atoms. The zero-order chi connectivity index (χ0) is 18.6. The van der Waals surface area contributed by atoms with E-state index in [1.165, 1.54) is 11.8 Å². The normalized spacial score (nSPS) is 15.1. The maximum absolute atomic E-state index is 12.7. The fourth-order valence-electron chi connectivity index (χ4n) is 3.55. The number of likely N-dealkylation sites (tertiary alicyclic amines) is 1. The number of pyridine rings is 2. The van der Waals surface area contributed by atoms with E-state index in [2.05, 4.69) is 19.5 Å². The van der Waals surface area contributed by atoms with Crippen LogP contribution in [-0.4, -0.2) is 43.4 Å². The van der Waals surface area contributed by atoms with Gasteiger partial charge in [-0.15, -0.1) is 0 Å². The molecule has 4 rings (SSSR count). The molecule has 6 nitrogen and oxygen atoms in total. The molecule has 0 radical (unpaired) electrons. The average molecular weight is 382 g/mol. The number of imidazole rings is 1. The molecule has 0 bridgehead atoms. The Labute approximate surface area is 162 Å². The van der Waals surface area contributed by atoms with Gasteiger partial charge >= 0.3 is 0 Å². The minimum absolute atomic E-state index is 0.0106. The lowest BCUT2D eigenvalue weighted by Gasteiger charge is -2.32. The molecule has 3 aromatic heterocycles. The van der Waals surface area contributed by atoms with Crippen LogP contribution < -0.4 is 0 Å². The van der Waals surface area contributed by atoms with Gasteiger partial charge < -0.3 is 9.47 Å². The quantitative estimate of drug-likeness (QED) is 0.694. The second-order valence-electron chi connectivity index (χ2n) is 6.73. The van der Waals surface area contributed by atoms with Gasteiger partial charge in [-0.25, -0.2) is 4.98 Å². The van der Waals surface area contributed by atoms with Crippen LogP contribution in [0.5, 0.6) is 0 Å². The third-order valence-corrected chi connectivity index (χ3v) is 5.16. The SMILES string of the molecule is O=C(c1cncc(Cl)c1)N1CCC(c2nccn2Cc2ccncc2)CC1. The first-order valence-electron chi connectivity index (χ1n) is 9.00. The molecule has 1 saturated heterocycles. The van der Waals surface area contributed by atoms with Crippen LogP contribution in [0.2, 0.25) is 5.02 Å². The number of nitrogens with zero attached hydrogens (tertiary/aromatic N) is 5. The van der Waals surface area contributed by atoms with Crippen molar-refractivity contribution in [2.45, 2.75) is 25.3 Å². The Morgan fingerprint density at radius 2 is 1.89 bits per heavy atom. The van der Waals surface area contributed by atoms with E-state index in [9.17, 15) is 4.79 Å². The third-order valence-electron chi connectivity index (χ3n) is 4.95. The molecule has 1 fully saturated rings. The summed E-state index contributed by atoms with van der Waals surface area (Å²) in [4.78, 5) is 27.2. The van der Waals surface area contributed by atoms with Crippen LogP contribution in [0.25, 0.3) is 0 Å². The fourth-order valence-corrected chi connectivity index (χ4v) is 3.73. The van der Waals surface area contributed by atoms with Gasteiger partial charge in [0.05, 0.1) is 10.6 Å². The van der Waals surface area contributed by atoms with Gasteiger partial charge in [0.2, 0.25) is 0 Å². The lowest BCUT2D eigenvalue weighted by molar-refractivity contribution is 0.0710.